The molecular formula is C20H14N2O3S. The number of carbonyl (C=O) groups excluding carboxylic acids is 3. The Morgan fingerprint density at radius 1 is 0.885 bits per heavy atom. The summed E-state index contributed by atoms with van der Waals surface area (Å²) in [5.74, 6) is 4.93. The van der Waals surface area contributed by atoms with Gasteiger partial charge in [-0.1, -0.05) is 42.2 Å². The summed E-state index contributed by atoms with van der Waals surface area (Å²) in [5.41, 5.74) is 1.49. The highest BCUT2D eigenvalue weighted by Crippen LogP contribution is 2.35. The molecule has 5 nitrogen and oxygen atoms in total. The van der Waals surface area contributed by atoms with E-state index >= 15 is 0 Å². The lowest BCUT2D eigenvalue weighted by molar-refractivity contribution is -0.142. The highest BCUT2D eigenvalue weighted by atomic mass is 32.2. The second kappa shape index (κ2) is 6.36. The second-order valence-corrected chi connectivity index (χ2v) is 6.66. The maximum Gasteiger partial charge on any atom is 0.262 e. The van der Waals surface area contributed by atoms with Crippen molar-refractivity contribution in [2.24, 2.45) is 0 Å². The Morgan fingerprint density at radius 2 is 1.46 bits per heavy atom. The van der Waals surface area contributed by atoms with Crippen LogP contribution in [0.15, 0.2) is 54.6 Å². The minimum atomic E-state index is -0.883. The number of imide groups is 1. The molecule has 6 heteroatoms. The van der Waals surface area contributed by atoms with Gasteiger partial charge >= 0.3 is 0 Å². The van der Waals surface area contributed by atoms with Crippen LogP contribution in [0, 0.1) is 11.8 Å². The van der Waals surface area contributed by atoms with Crippen LogP contribution in [0.4, 0.5) is 0 Å². The van der Waals surface area contributed by atoms with Crippen molar-refractivity contribution in [3.8, 4) is 11.8 Å². The van der Waals surface area contributed by atoms with Crippen LogP contribution in [0.1, 0.15) is 26.3 Å². The maximum absolute atomic E-state index is 12.7. The molecule has 2 heterocycles. The molecule has 1 saturated heterocycles. The fraction of sp³-hybridized carbons (Fsp3) is 0.150. The predicted molar refractivity (Wildman–Crippen MR) is 98.2 cm³/mol. The van der Waals surface area contributed by atoms with E-state index < -0.39 is 23.9 Å². The number of fused-ring (bicyclic) bond motifs is 1. The Bertz CT molecular complexity index is 942. The summed E-state index contributed by atoms with van der Waals surface area (Å²) in [5, 5.41) is 0. The molecule has 0 radical (unpaired) electrons. The number of nitrogens with zero attached hydrogens (tertiary/aromatic N) is 2. The number of carbonyl (C=O) groups is 3. The summed E-state index contributed by atoms with van der Waals surface area (Å²) >= 11 is 1.24. The van der Waals surface area contributed by atoms with Crippen molar-refractivity contribution < 1.29 is 14.4 Å². The molecule has 0 bridgehead atoms. The van der Waals surface area contributed by atoms with Gasteiger partial charge in [-0.25, -0.2) is 0 Å². The molecular weight excluding hydrogens is 348 g/mol. The van der Waals surface area contributed by atoms with Crippen LogP contribution in [0.2, 0.25) is 0 Å². The molecule has 128 valence electrons. The van der Waals surface area contributed by atoms with E-state index in [2.05, 4.69) is 11.8 Å². The molecule has 2 aromatic rings. The standard InChI is InChI=1S/C20H14N2O3S/c1-26-22-16(12-11-13-7-3-2-4-8-13)17(20(22)25)21-18(23)14-9-5-6-10-15(14)19(21)24/h2-10,16-17H,1H3. The molecule has 2 unspecified atom stereocenters. The van der Waals surface area contributed by atoms with Crippen molar-refractivity contribution in [2.45, 2.75) is 12.1 Å². The van der Waals surface area contributed by atoms with Crippen LogP contribution < -0.4 is 0 Å². The van der Waals surface area contributed by atoms with Gasteiger partial charge in [0.15, 0.2) is 6.04 Å². The van der Waals surface area contributed by atoms with Gasteiger partial charge in [0.05, 0.1) is 11.1 Å². The third-order valence-electron chi connectivity index (χ3n) is 4.46. The third-order valence-corrected chi connectivity index (χ3v) is 5.26. The zero-order chi connectivity index (χ0) is 18.3. The summed E-state index contributed by atoms with van der Waals surface area (Å²) in [7, 11) is 0. The molecule has 0 N–H and O–H groups in total. The SMILES string of the molecule is CSN1C(=O)C(N2C(=O)c3ccccc3C2=O)C1C#Cc1ccccc1. The van der Waals surface area contributed by atoms with Gasteiger partial charge in [-0.3, -0.25) is 23.6 Å². The number of β-lactam (4-membered cyclic amide) rings is 1. The Hall–Kier alpha value is -3.04. The minimum absolute atomic E-state index is 0.278. The van der Waals surface area contributed by atoms with E-state index in [1.807, 2.05) is 30.3 Å². The van der Waals surface area contributed by atoms with Gasteiger partial charge in [0.25, 0.3) is 17.7 Å². The van der Waals surface area contributed by atoms with Crippen LogP contribution in [0.5, 0.6) is 0 Å². The first-order chi connectivity index (χ1) is 12.6. The average Bonchev–Trinajstić information content (AvgIpc) is 2.91. The Kier molecular flexibility index (Phi) is 4.02. The Balaban J connectivity index is 1.67. The second-order valence-electron chi connectivity index (χ2n) is 5.90. The number of benzene rings is 2. The van der Waals surface area contributed by atoms with E-state index in [9.17, 15) is 14.4 Å². The molecule has 2 atom stereocenters. The van der Waals surface area contributed by atoms with E-state index in [1.165, 1.54) is 16.3 Å². The highest BCUT2D eigenvalue weighted by Gasteiger charge is 2.56. The molecule has 1 fully saturated rings. The van der Waals surface area contributed by atoms with Crippen molar-refractivity contribution in [1.29, 1.82) is 0 Å². The number of rotatable bonds is 2. The first kappa shape index (κ1) is 16.4. The van der Waals surface area contributed by atoms with Crippen molar-refractivity contribution in [1.82, 2.24) is 9.21 Å². The lowest BCUT2D eigenvalue weighted by Crippen LogP contribution is -2.68. The summed E-state index contributed by atoms with van der Waals surface area (Å²) in [6.45, 7) is 0. The molecule has 0 aromatic heterocycles. The van der Waals surface area contributed by atoms with Gasteiger partial charge in [0.2, 0.25) is 0 Å². The smallest absolute Gasteiger partial charge is 0.262 e. The van der Waals surface area contributed by atoms with Crippen LogP contribution in [-0.2, 0) is 4.79 Å². The lowest BCUT2D eigenvalue weighted by Gasteiger charge is -2.45. The summed E-state index contributed by atoms with van der Waals surface area (Å²) in [4.78, 5) is 39.0. The topological polar surface area (TPSA) is 57.7 Å². The van der Waals surface area contributed by atoms with Crippen LogP contribution in [0.3, 0.4) is 0 Å². The molecule has 2 aromatic carbocycles. The molecule has 0 aliphatic carbocycles. The molecule has 4 rings (SSSR count). The van der Waals surface area contributed by atoms with Crippen LogP contribution in [0.25, 0.3) is 0 Å². The van der Waals surface area contributed by atoms with E-state index in [0.717, 1.165) is 10.5 Å². The van der Waals surface area contributed by atoms with Crippen molar-refractivity contribution in [3.05, 3.63) is 71.3 Å². The molecule has 2 aliphatic rings. The fourth-order valence-electron chi connectivity index (χ4n) is 3.18. The van der Waals surface area contributed by atoms with Crippen molar-refractivity contribution in [2.75, 3.05) is 6.26 Å². The minimum Gasteiger partial charge on any atom is -0.271 e. The lowest BCUT2D eigenvalue weighted by atomic mass is 9.97. The first-order valence-corrected chi connectivity index (χ1v) is 9.22. The van der Waals surface area contributed by atoms with E-state index in [0.29, 0.717) is 11.1 Å². The Morgan fingerprint density at radius 3 is 2.04 bits per heavy atom. The molecule has 2 aliphatic heterocycles. The maximum atomic E-state index is 12.7. The fourth-order valence-corrected chi connectivity index (χ4v) is 3.86. The number of hydrogen-bond donors (Lipinski definition) is 0. The largest absolute Gasteiger partial charge is 0.271 e. The predicted octanol–water partition coefficient (Wildman–Crippen LogP) is 2.19. The first-order valence-electron chi connectivity index (χ1n) is 8.04. The summed E-state index contributed by atoms with van der Waals surface area (Å²) < 4.78 is 1.50. The number of amides is 3. The van der Waals surface area contributed by atoms with Gasteiger partial charge < -0.3 is 0 Å². The quantitative estimate of drug-likeness (QED) is 0.356. The monoisotopic (exact) mass is 362 g/mol. The zero-order valence-corrected chi connectivity index (χ0v) is 14.7. The highest BCUT2D eigenvalue weighted by molar-refractivity contribution is 7.96. The van der Waals surface area contributed by atoms with E-state index in [1.54, 1.807) is 30.5 Å². The number of hydrogen-bond acceptors (Lipinski definition) is 4. The summed E-state index contributed by atoms with van der Waals surface area (Å²) in [6.07, 6.45) is 1.77. The average molecular weight is 362 g/mol. The Labute approximate surface area is 155 Å². The van der Waals surface area contributed by atoms with E-state index in [-0.39, 0.29) is 5.91 Å². The third kappa shape index (κ3) is 2.40. The van der Waals surface area contributed by atoms with Gasteiger partial charge in [-0.2, -0.15) is 0 Å². The van der Waals surface area contributed by atoms with Crippen LogP contribution in [-0.4, -0.2) is 45.3 Å². The van der Waals surface area contributed by atoms with Crippen molar-refractivity contribution >= 4 is 29.7 Å². The van der Waals surface area contributed by atoms with Crippen LogP contribution >= 0.6 is 11.9 Å². The zero-order valence-electron chi connectivity index (χ0n) is 13.9. The molecule has 0 spiro atoms. The van der Waals surface area contributed by atoms with Gasteiger partial charge in [-0.05, 0) is 36.2 Å². The van der Waals surface area contributed by atoms with Gasteiger partial charge in [-0.15, -0.1) is 0 Å². The molecule has 26 heavy (non-hydrogen) atoms. The normalized spacial score (nSPS) is 21.2. The van der Waals surface area contributed by atoms with Crippen molar-refractivity contribution in [3.63, 3.8) is 0 Å². The summed E-state index contributed by atoms with van der Waals surface area (Å²) in [6, 6.07) is 14.6. The van der Waals surface area contributed by atoms with E-state index in [4.69, 9.17) is 0 Å². The van der Waals surface area contributed by atoms with Gasteiger partial charge in [0.1, 0.15) is 6.04 Å². The molecule has 0 saturated carbocycles. The van der Waals surface area contributed by atoms with Gasteiger partial charge in [0, 0.05) is 11.8 Å². The molecule has 3 amide bonds.